The molecule has 0 aromatic heterocycles. The lowest BCUT2D eigenvalue weighted by atomic mass is 10.2. The highest BCUT2D eigenvalue weighted by Gasteiger charge is 2.23. The maximum atomic E-state index is 12.0. The molecule has 0 spiro atoms. The van der Waals surface area contributed by atoms with Gasteiger partial charge in [-0.2, -0.15) is 0 Å². The number of hydrogen-bond donors (Lipinski definition) is 3. The van der Waals surface area contributed by atoms with Crippen molar-refractivity contribution < 1.29 is 19.1 Å². The van der Waals surface area contributed by atoms with Crippen molar-refractivity contribution >= 4 is 40.7 Å². The number of carbonyl (C=O) groups excluding carboxylic acids is 3. The van der Waals surface area contributed by atoms with Gasteiger partial charge in [-0.25, -0.2) is 0 Å². The van der Waals surface area contributed by atoms with Crippen molar-refractivity contribution in [2.45, 2.75) is 13.0 Å². The summed E-state index contributed by atoms with van der Waals surface area (Å²) in [4.78, 5) is 35.7. The molecule has 1 aliphatic rings. The Morgan fingerprint density at radius 2 is 2.00 bits per heavy atom. The molecule has 0 saturated carbocycles. The van der Waals surface area contributed by atoms with E-state index in [1.165, 1.54) is 0 Å². The van der Waals surface area contributed by atoms with Crippen molar-refractivity contribution in [1.29, 1.82) is 0 Å². The Morgan fingerprint density at radius 1 is 1.23 bits per heavy atom. The summed E-state index contributed by atoms with van der Waals surface area (Å²) < 4.78 is 5.45. The van der Waals surface area contributed by atoms with Crippen molar-refractivity contribution in [1.82, 2.24) is 5.32 Å². The van der Waals surface area contributed by atoms with Crippen molar-refractivity contribution in [2.75, 3.05) is 17.2 Å². The number of anilines is 2. The highest BCUT2D eigenvalue weighted by Crippen LogP contribution is 2.32. The maximum Gasteiger partial charge on any atom is 0.265 e. The smallest absolute Gasteiger partial charge is 0.265 e. The SMILES string of the molecule is C[C@@H]1Oc2ccc(NC(=O)CNC(=O)c3ccccc3Cl)cc2NC1=O. The van der Waals surface area contributed by atoms with E-state index < -0.39 is 17.9 Å². The summed E-state index contributed by atoms with van der Waals surface area (Å²) in [6, 6.07) is 11.5. The van der Waals surface area contributed by atoms with Crippen molar-refractivity contribution in [3.05, 3.63) is 53.1 Å². The third-order valence-corrected chi connectivity index (χ3v) is 4.05. The Morgan fingerprint density at radius 3 is 2.77 bits per heavy atom. The number of ether oxygens (including phenoxy) is 1. The van der Waals surface area contributed by atoms with Gasteiger partial charge in [0.15, 0.2) is 6.10 Å². The summed E-state index contributed by atoms with van der Waals surface area (Å²) in [5, 5.41) is 8.16. The van der Waals surface area contributed by atoms with E-state index in [-0.39, 0.29) is 12.5 Å². The molecule has 3 amide bonds. The molecular weight excluding hydrogens is 358 g/mol. The summed E-state index contributed by atoms with van der Waals surface area (Å²) in [6.07, 6.45) is -0.567. The van der Waals surface area contributed by atoms with Crippen LogP contribution in [0.25, 0.3) is 0 Å². The molecule has 3 rings (SSSR count). The van der Waals surface area contributed by atoms with Crippen LogP contribution in [0, 0.1) is 0 Å². The summed E-state index contributed by atoms with van der Waals surface area (Å²) in [5.74, 6) is -0.581. The molecule has 0 aliphatic carbocycles. The highest BCUT2D eigenvalue weighted by atomic mass is 35.5. The highest BCUT2D eigenvalue weighted by molar-refractivity contribution is 6.33. The number of benzene rings is 2. The normalized spacial score (nSPS) is 15.3. The van der Waals surface area contributed by atoms with Gasteiger partial charge in [-0.15, -0.1) is 0 Å². The minimum Gasteiger partial charge on any atom is -0.479 e. The molecule has 2 aromatic rings. The average Bonchev–Trinajstić information content (AvgIpc) is 2.61. The fourth-order valence-electron chi connectivity index (χ4n) is 2.39. The summed E-state index contributed by atoms with van der Waals surface area (Å²) in [6.45, 7) is 1.43. The quantitative estimate of drug-likeness (QED) is 0.766. The lowest BCUT2D eigenvalue weighted by Gasteiger charge is -2.23. The van der Waals surface area contributed by atoms with E-state index in [1.807, 2.05) is 0 Å². The zero-order valence-electron chi connectivity index (χ0n) is 13.8. The lowest BCUT2D eigenvalue weighted by Crippen LogP contribution is -2.34. The van der Waals surface area contributed by atoms with E-state index in [1.54, 1.807) is 49.4 Å². The van der Waals surface area contributed by atoms with Gasteiger partial charge in [0.05, 0.1) is 22.8 Å². The van der Waals surface area contributed by atoms with Gasteiger partial charge in [0.25, 0.3) is 11.8 Å². The van der Waals surface area contributed by atoms with E-state index in [2.05, 4.69) is 16.0 Å². The molecule has 0 fully saturated rings. The second-order valence-electron chi connectivity index (χ2n) is 5.67. The fourth-order valence-corrected chi connectivity index (χ4v) is 2.61. The zero-order valence-corrected chi connectivity index (χ0v) is 14.6. The molecule has 26 heavy (non-hydrogen) atoms. The Labute approximate surface area is 154 Å². The summed E-state index contributed by atoms with van der Waals surface area (Å²) >= 11 is 5.95. The second kappa shape index (κ2) is 7.45. The third-order valence-electron chi connectivity index (χ3n) is 3.72. The minimum atomic E-state index is -0.567. The Kier molecular flexibility index (Phi) is 5.09. The molecule has 2 aromatic carbocycles. The predicted octanol–water partition coefficient (Wildman–Crippen LogP) is 2.43. The fraction of sp³-hybridized carbons (Fsp3) is 0.167. The number of carbonyl (C=O) groups is 3. The first-order chi connectivity index (χ1) is 12.4. The van der Waals surface area contributed by atoms with Crippen LogP contribution in [-0.4, -0.2) is 30.4 Å². The van der Waals surface area contributed by atoms with Gasteiger partial charge in [0, 0.05) is 5.69 Å². The molecule has 0 bridgehead atoms. The largest absolute Gasteiger partial charge is 0.479 e. The number of amides is 3. The van der Waals surface area contributed by atoms with Crippen LogP contribution in [0.2, 0.25) is 5.02 Å². The Balaban J connectivity index is 1.59. The van der Waals surface area contributed by atoms with E-state index in [0.29, 0.717) is 27.7 Å². The molecule has 0 saturated heterocycles. The molecule has 0 unspecified atom stereocenters. The van der Waals surface area contributed by atoms with Gasteiger partial charge >= 0.3 is 0 Å². The van der Waals surface area contributed by atoms with Crippen molar-refractivity contribution in [3.63, 3.8) is 0 Å². The monoisotopic (exact) mass is 373 g/mol. The molecule has 1 aliphatic heterocycles. The van der Waals surface area contributed by atoms with E-state index in [4.69, 9.17) is 16.3 Å². The van der Waals surface area contributed by atoms with Gasteiger partial charge in [-0.05, 0) is 37.3 Å². The maximum absolute atomic E-state index is 12.0. The number of nitrogens with one attached hydrogen (secondary N) is 3. The molecule has 1 atom stereocenters. The lowest BCUT2D eigenvalue weighted by molar-refractivity contribution is -0.122. The van der Waals surface area contributed by atoms with Crippen LogP contribution in [0.5, 0.6) is 5.75 Å². The van der Waals surface area contributed by atoms with Crippen LogP contribution >= 0.6 is 11.6 Å². The van der Waals surface area contributed by atoms with Gasteiger partial charge in [-0.3, -0.25) is 14.4 Å². The zero-order chi connectivity index (χ0) is 18.7. The van der Waals surface area contributed by atoms with Crippen LogP contribution < -0.4 is 20.7 Å². The number of rotatable bonds is 4. The van der Waals surface area contributed by atoms with Gasteiger partial charge < -0.3 is 20.7 Å². The average molecular weight is 374 g/mol. The predicted molar refractivity (Wildman–Crippen MR) is 97.6 cm³/mol. The molecular formula is C18H16ClN3O4. The van der Waals surface area contributed by atoms with Crippen molar-refractivity contribution in [3.8, 4) is 5.75 Å². The summed E-state index contributed by atoms with van der Waals surface area (Å²) in [5.41, 5.74) is 1.25. The molecule has 3 N–H and O–H groups in total. The van der Waals surface area contributed by atoms with Gasteiger partial charge in [0.1, 0.15) is 5.75 Å². The molecule has 7 nitrogen and oxygen atoms in total. The second-order valence-corrected chi connectivity index (χ2v) is 6.08. The molecule has 1 heterocycles. The van der Waals surface area contributed by atoms with Crippen LogP contribution in [0.4, 0.5) is 11.4 Å². The Hall–Kier alpha value is -3.06. The first-order valence-corrected chi connectivity index (χ1v) is 8.26. The number of halogens is 1. The summed E-state index contributed by atoms with van der Waals surface area (Å²) in [7, 11) is 0. The van der Waals surface area contributed by atoms with Crippen LogP contribution in [-0.2, 0) is 9.59 Å². The topological polar surface area (TPSA) is 96.5 Å². The van der Waals surface area contributed by atoms with Crippen LogP contribution in [0.3, 0.4) is 0 Å². The third kappa shape index (κ3) is 3.94. The van der Waals surface area contributed by atoms with Gasteiger partial charge in [-0.1, -0.05) is 23.7 Å². The standard InChI is InChI=1S/C18H16ClN3O4/c1-10-17(24)22-14-8-11(6-7-15(14)26-10)21-16(23)9-20-18(25)12-4-2-3-5-13(12)19/h2-8,10H,9H2,1H3,(H,20,25)(H,21,23)(H,22,24)/t10-/m0/s1. The molecule has 134 valence electrons. The van der Waals surface area contributed by atoms with Crippen molar-refractivity contribution in [2.24, 2.45) is 0 Å². The molecule has 0 radical (unpaired) electrons. The number of hydrogen-bond acceptors (Lipinski definition) is 4. The van der Waals surface area contributed by atoms with E-state index >= 15 is 0 Å². The Bertz CT molecular complexity index is 884. The van der Waals surface area contributed by atoms with Crippen LogP contribution in [0.1, 0.15) is 17.3 Å². The van der Waals surface area contributed by atoms with E-state index in [9.17, 15) is 14.4 Å². The first-order valence-electron chi connectivity index (χ1n) is 7.88. The van der Waals surface area contributed by atoms with E-state index in [0.717, 1.165) is 0 Å². The number of fused-ring (bicyclic) bond motifs is 1. The molecule has 8 heteroatoms. The van der Waals surface area contributed by atoms with Gasteiger partial charge in [0.2, 0.25) is 5.91 Å². The minimum absolute atomic E-state index is 0.221. The first kappa shape index (κ1) is 17.8. The van der Waals surface area contributed by atoms with Crippen LogP contribution in [0.15, 0.2) is 42.5 Å².